The minimum atomic E-state index is 0.473. The van der Waals surface area contributed by atoms with Crippen molar-refractivity contribution in [3.8, 4) is 0 Å². The van der Waals surface area contributed by atoms with Gasteiger partial charge in [-0.25, -0.2) is 0 Å². The first-order valence-corrected chi connectivity index (χ1v) is 7.16. The largest absolute Gasteiger partial charge is 0.328 e. The van der Waals surface area contributed by atoms with E-state index in [9.17, 15) is 0 Å². The lowest BCUT2D eigenvalue weighted by molar-refractivity contribution is 0.113. The van der Waals surface area contributed by atoms with Crippen molar-refractivity contribution >= 4 is 0 Å². The Bertz CT molecular complexity index is 172. The number of nitrogens with two attached hydrogens (primary N) is 1. The number of nitrogens with zero attached hydrogens (tertiary/aromatic N) is 1. The maximum absolute atomic E-state index is 5.98. The van der Waals surface area contributed by atoms with Crippen LogP contribution in [-0.2, 0) is 0 Å². The van der Waals surface area contributed by atoms with Crippen LogP contribution in [-0.4, -0.2) is 29.6 Å². The van der Waals surface area contributed by atoms with Crippen molar-refractivity contribution in [3.63, 3.8) is 0 Å². The van der Waals surface area contributed by atoms with E-state index in [-0.39, 0.29) is 0 Å². The molecular weight excluding hydrogens is 196 g/mol. The molecule has 0 aromatic rings. The molecule has 0 aromatic heterocycles. The third-order valence-electron chi connectivity index (χ3n) is 3.89. The Balaban J connectivity index is 2.37. The smallest absolute Gasteiger partial charge is 0.00991 e. The van der Waals surface area contributed by atoms with Gasteiger partial charge in [0.25, 0.3) is 0 Å². The fraction of sp³-hybridized carbons (Fsp3) is 1.00. The van der Waals surface area contributed by atoms with Gasteiger partial charge < -0.3 is 5.73 Å². The van der Waals surface area contributed by atoms with Crippen molar-refractivity contribution in [2.45, 2.75) is 83.8 Å². The Hall–Kier alpha value is -0.0800. The zero-order valence-electron chi connectivity index (χ0n) is 11.4. The van der Waals surface area contributed by atoms with Gasteiger partial charge in [0.05, 0.1) is 0 Å². The zero-order valence-corrected chi connectivity index (χ0v) is 11.4. The molecule has 1 aliphatic carbocycles. The molecule has 0 bridgehead atoms. The number of unbranched alkanes of at least 4 members (excludes halogenated alkanes) is 2. The quantitative estimate of drug-likeness (QED) is 0.705. The maximum atomic E-state index is 5.98. The molecule has 1 saturated carbocycles. The summed E-state index contributed by atoms with van der Waals surface area (Å²) in [5.41, 5.74) is 5.98. The molecule has 1 rings (SSSR count). The van der Waals surface area contributed by atoms with E-state index in [0.717, 1.165) is 6.04 Å². The summed E-state index contributed by atoms with van der Waals surface area (Å²) in [5.74, 6) is 0. The van der Waals surface area contributed by atoms with Crippen LogP contribution in [0.15, 0.2) is 0 Å². The van der Waals surface area contributed by atoms with Crippen LogP contribution in [0, 0.1) is 0 Å². The van der Waals surface area contributed by atoms with Gasteiger partial charge in [0.15, 0.2) is 0 Å². The van der Waals surface area contributed by atoms with Crippen LogP contribution in [0.25, 0.3) is 0 Å². The van der Waals surface area contributed by atoms with Gasteiger partial charge in [-0.3, -0.25) is 4.90 Å². The molecule has 0 saturated heterocycles. The molecule has 16 heavy (non-hydrogen) atoms. The first kappa shape index (κ1) is 14.0. The summed E-state index contributed by atoms with van der Waals surface area (Å²) in [5, 5.41) is 0. The lowest BCUT2D eigenvalue weighted by Crippen LogP contribution is -2.44. The predicted molar refractivity (Wildman–Crippen MR) is 71.6 cm³/mol. The third-order valence-corrected chi connectivity index (χ3v) is 3.89. The van der Waals surface area contributed by atoms with E-state index < -0.39 is 0 Å². The highest BCUT2D eigenvalue weighted by atomic mass is 15.2. The standard InChI is InChI=1S/C14H30N2/c1-4-5-6-11-16(12(2)3)14-9-7-13(15)8-10-14/h12-14H,4-11,15H2,1-3H3. The number of hydrogen-bond donors (Lipinski definition) is 1. The molecule has 0 aromatic carbocycles. The van der Waals surface area contributed by atoms with Crippen LogP contribution in [0.4, 0.5) is 0 Å². The predicted octanol–water partition coefficient (Wildman–Crippen LogP) is 3.16. The second-order valence-corrected chi connectivity index (χ2v) is 5.61. The van der Waals surface area contributed by atoms with Gasteiger partial charge in [-0.2, -0.15) is 0 Å². The van der Waals surface area contributed by atoms with E-state index in [0.29, 0.717) is 12.1 Å². The first-order valence-electron chi connectivity index (χ1n) is 7.16. The Labute approximate surface area is 102 Å². The second-order valence-electron chi connectivity index (χ2n) is 5.61. The average molecular weight is 226 g/mol. The van der Waals surface area contributed by atoms with E-state index in [1.54, 1.807) is 0 Å². The average Bonchev–Trinajstić information content (AvgIpc) is 2.26. The fourth-order valence-corrected chi connectivity index (χ4v) is 2.84. The van der Waals surface area contributed by atoms with Gasteiger partial charge >= 0.3 is 0 Å². The van der Waals surface area contributed by atoms with Gasteiger partial charge in [-0.15, -0.1) is 0 Å². The Morgan fingerprint density at radius 2 is 1.75 bits per heavy atom. The highest BCUT2D eigenvalue weighted by molar-refractivity contribution is 4.82. The minimum absolute atomic E-state index is 0.473. The maximum Gasteiger partial charge on any atom is 0.00991 e. The van der Waals surface area contributed by atoms with Gasteiger partial charge in [0.2, 0.25) is 0 Å². The highest BCUT2D eigenvalue weighted by Crippen LogP contribution is 2.24. The molecule has 0 radical (unpaired) electrons. The second kappa shape index (κ2) is 7.29. The number of hydrogen-bond acceptors (Lipinski definition) is 2. The van der Waals surface area contributed by atoms with Crippen molar-refractivity contribution in [1.82, 2.24) is 4.90 Å². The van der Waals surface area contributed by atoms with Crippen LogP contribution in [0.2, 0.25) is 0 Å². The van der Waals surface area contributed by atoms with E-state index in [1.807, 2.05) is 0 Å². The normalized spacial score (nSPS) is 26.6. The minimum Gasteiger partial charge on any atom is -0.328 e. The van der Waals surface area contributed by atoms with Crippen LogP contribution < -0.4 is 5.73 Å². The van der Waals surface area contributed by atoms with Gasteiger partial charge in [0.1, 0.15) is 0 Å². The Morgan fingerprint density at radius 1 is 1.12 bits per heavy atom. The molecule has 0 aliphatic heterocycles. The van der Waals surface area contributed by atoms with E-state index in [2.05, 4.69) is 25.7 Å². The summed E-state index contributed by atoms with van der Waals surface area (Å²) in [6, 6.07) is 1.97. The zero-order chi connectivity index (χ0) is 12.0. The molecule has 0 atom stereocenters. The molecule has 1 aliphatic rings. The Morgan fingerprint density at radius 3 is 2.25 bits per heavy atom. The molecular formula is C14H30N2. The summed E-state index contributed by atoms with van der Waals surface area (Å²) in [7, 11) is 0. The third kappa shape index (κ3) is 4.42. The summed E-state index contributed by atoms with van der Waals surface area (Å²) in [6.07, 6.45) is 9.12. The summed E-state index contributed by atoms with van der Waals surface area (Å²) in [6.45, 7) is 8.23. The molecule has 2 N–H and O–H groups in total. The van der Waals surface area contributed by atoms with Crippen molar-refractivity contribution in [1.29, 1.82) is 0 Å². The lowest BCUT2D eigenvalue weighted by Gasteiger charge is -2.38. The fourth-order valence-electron chi connectivity index (χ4n) is 2.84. The SMILES string of the molecule is CCCCCN(C(C)C)C1CCC(N)CC1. The monoisotopic (exact) mass is 226 g/mol. The van der Waals surface area contributed by atoms with Gasteiger partial charge in [0, 0.05) is 18.1 Å². The number of rotatable bonds is 6. The van der Waals surface area contributed by atoms with E-state index in [4.69, 9.17) is 5.73 Å². The van der Waals surface area contributed by atoms with Crippen molar-refractivity contribution in [2.24, 2.45) is 5.73 Å². The molecule has 0 amide bonds. The van der Waals surface area contributed by atoms with Crippen LogP contribution in [0.3, 0.4) is 0 Å². The molecule has 1 fully saturated rings. The van der Waals surface area contributed by atoms with E-state index >= 15 is 0 Å². The first-order chi connectivity index (χ1) is 7.65. The lowest BCUT2D eigenvalue weighted by atomic mass is 9.90. The van der Waals surface area contributed by atoms with Gasteiger partial charge in [-0.05, 0) is 52.5 Å². The molecule has 2 nitrogen and oxygen atoms in total. The summed E-state index contributed by atoms with van der Waals surface area (Å²) in [4.78, 5) is 2.71. The van der Waals surface area contributed by atoms with Crippen molar-refractivity contribution in [3.05, 3.63) is 0 Å². The summed E-state index contributed by atoms with van der Waals surface area (Å²) >= 11 is 0. The molecule has 2 heteroatoms. The molecule has 0 heterocycles. The highest BCUT2D eigenvalue weighted by Gasteiger charge is 2.25. The summed E-state index contributed by atoms with van der Waals surface area (Å²) < 4.78 is 0. The van der Waals surface area contributed by atoms with Crippen molar-refractivity contribution in [2.75, 3.05) is 6.54 Å². The topological polar surface area (TPSA) is 29.3 Å². The van der Waals surface area contributed by atoms with Crippen LogP contribution >= 0.6 is 0 Å². The molecule has 0 spiro atoms. The van der Waals surface area contributed by atoms with Crippen molar-refractivity contribution < 1.29 is 0 Å². The van der Waals surface area contributed by atoms with E-state index in [1.165, 1.54) is 51.5 Å². The van der Waals surface area contributed by atoms with Gasteiger partial charge in [-0.1, -0.05) is 19.8 Å². The van der Waals surface area contributed by atoms with Crippen LogP contribution in [0.1, 0.15) is 65.7 Å². The Kier molecular flexibility index (Phi) is 6.37. The van der Waals surface area contributed by atoms with Crippen LogP contribution in [0.5, 0.6) is 0 Å². The molecule has 96 valence electrons. The molecule has 0 unspecified atom stereocenters.